The number of hydrogen-bond donors (Lipinski definition) is 1. The first-order valence-corrected chi connectivity index (χ1v) is 6.53. The average molecular weight is 223 g/mol. The summed E-state index contributed by atoms with van der Waals surface area (Å²) in [7, 11) is 0. The normalized spacial score (nSPS) is 34.8. The third-order valence-corrected chi connectivity index (χ3v) is 4.78. The smallest absolute Gasteiger partial charge is 0.185 e. The fourth-order valence-corrected chi connectivity index (χ4v) is 3.80. The number of nitrogens with one attached hydrogen (secondary N) is 1. The van der Waals surface area contributed by atoms with Gasteiger partial charge in [-0.25, -0.2) is 4.98 Å². The van der Waals surface area contributed by atoms with Crippen molar-refractivity contribution in [3.63, 3.8) is 0 Å². The average Bonchev–Trinajstić information content (AvgIpc) is 2.84. The lowest BCUT2D eigenvalue weighted by Gasteiger charge is -2.23. The molecule has 15 heavy (non-hydrogen) atoms. The highest BCUT2D eigenvalue weighted by Crippen LogP contribution is 2.36. The minimum atomic E-state index is 0.649. The van der Waals surface area contributed by atoms with E-state index in [1.54, 1.807) is 11.3 Å². The van der Waals surface area contributed by atoms with E-state index in [0.29, 0.717) is 6.04 Å². The lowest BCUT2D eigenvalue weighted by Crippen LogP contribution is -2.33. The molecule has 2 fully saturated rings. The molecule has 3 nitrogen and oxygen atoms in total. The van der Waals surface area contributed by atoms with Crippen molar-refractivity contribution < 1.29 is 0 Å². The summed E-state index contributed by atoms with van der Waals surface area (Å²) in [5.74, 6) is 1.67. The number of aromatic nitrogens is 1. The van der Waals surface area contributed by atoms with Crippen molar-refractivity contribution in [2.45, 2.75) is 19.9 Å². The van der Waals surface area contributed by atoms with E-state index < -0.39 is 0 Å². The van der Waals surface area contributed by atoms with Crippen LogP contribution in [-0.2, 0) is 0 Å². The van der Waals surface area contributed by atoms with E-state index in [2.05, 4.69) is 34.4 Å². The number of fused-ring (bicyclic) bond motifs is 1. The van der Waals surface area contributed by atoms with Gasteiger partial charge in [0.2, 0.25) is 0 Å². The standard InChI is InChI=1S/C11H17N3S/c1-7-6-15-11(13-7)14-5-9-3-12-4-10(9)8(14)2/h6,8-10,12H,3-5H2,1-2H3. The highest BCUT2D eigenvalue weighted by Gasteiger charge is 2.42. The Kier molecular flexibility index (Phi) is 2.21. The molecule has 3 rings (SSSR count). The lowest BCUT2D eigenvalue weighted by atomic mass is 9.95. The van der Waals surface area contributed by atoms with Crippen molar-refractivity contribution in [2.75, 3.05) is 24.5 Å². The van der Waals surface area contributed by atoms with Gasteiger partial charge in [-0.3, -0.25) is 0 Å². The monoisotopic (exact) mass is 223 g/mol. The molecule has 4 heteroatoms. The summed E-state index contributed by atoms with van der Waals surface area (Å²) in [4.78, 5) is 7.09. The van der Waals surface area contributed by atoms with Crippen molar-refractivity contribution in [3.05, 3.63) is 11.1 Å². The topological polar surface area (TPSA) is 28.2 Å². The minimum absolute atomic E-state index is 0.649. The number of rotatable bonds is 1. The first-order valence-electron chi connectivity index (χ1n) is 5.65. The predicted octanol–water partition coefficient (Wildman–Crippen LogP) is 1.50. The third kappa shape index (κ3) is 1.47. The van der Waals surface area contributed by atoms with Crippen LogP contribution in [0.2, 0.25) is 0 Å². The maximum absolute atomic E-state index is 4.59. The summed E-state index contributed by atoms with van der Waals surface area (Å²) in [6.45, 7) is 7.98. The summed E-state index contributed by atoms with van der Waals surface area (Å²) >= 11 is 1.78. The Morgan fingerprint density at radius 3 is 3.07 bits per heavy atom. The van der Waals surface area contributed by atoms with Crippen LogP contribution in [-0.4, -0.2) is 30.7 Å². The molecule has 1 aromatic heterocycles. The fraction of sp³-hybridized carbons (Fsp3) is 0.727. The van der Waals surface area contributed by atoms with Crippen molar-refractivity contribution in [1.29, 1.82) is 0 Å². The summed E-state index contributed by atoms with van der Waals surface area (Å²) in [6.07, 6.45) is 0. The molecule has 0 bridgehead atoms. The molecule has 0 spiro atoms. The van der Waals surface area contributed by atoms with E-state index in [-0.39, 0.29) is 0 Å². The van der Waals surface area contributed by atoms with Crippen LogP contribution in [0.15, 0.2) is 5.38 Å². The second-order valence-corrected chi connectivity index (χ2v) is 5.58. The molecule has 82 valence electrons. The van der Waals surface area contributed by atoms with Crippen LogP contribution >= 0.6 is 11.3 Å². The Hall–Kier alpha value is -0.610. The van der Waals surface area contributed by atoms with Crippen LogP contribution in [0.4, 0.5) is 5.13 Å². The molecule has 3 heterocycles. The molecule has 1 N–H and O–H groups in total. The molecule has 0 saturated carbocycles. The maximum atomic E-state index is 4.59. The summed E-state index contributed by atoms with van der Waals surface area (Å²) in [6, 6.07) is 0.649. The van der Waals surface area contributed by atoms with E-state index in [0.717, 1.165) is 17.5 Å². The molecule has 2 saturated heterocycles. The van der Waals surface area contributed by atoms with Gasteiger partial charge in [0, 0.05) is 31.1 Å². The quantitative estimate of drug-likeness (QED) is 0.782. The molecule has 2 aliphatic rings. The SMILES string of the molecule is Cc1csc(N2CC3CNCC3C2C)n1. The van der Waals surface area contributed by atoms with Gasteiger partial charge >= 0.3 is 0 Å². The molecule has 0 aliphatic carbocycles. The summed E-state index contributed by atoms with van der Waals surface area (Å²) in [5, 5.41) is 6.85. The van der Waals surface area contributed by atoms with Gasteiger partial charge in [-0.1, -0.05) is 0 Å². The number of aryl methyl sites for hydroxylation is 1. The van der Waals surface area contributed by atoms with Crippen LogP contribution in [0.1, 0.15) is 12.6 Å². The lowest BCUT2D eigenvalue weighted by molar-refractivity contribution is 0.471. The fourth-order valence-electron chi connectivity index (χ4n) is 2.89. The molecule has 0 amide bonds. The highest BCUT2D eigenvalue weighted by molar-refractivity contribution is 7.13. The second kappa shape index (κ2) is 3.46. The first kappa shape index (κ1) is 9.60. The minimum Gasteiger partial charge on any atom is -0.345 e. The number of nitrogens with zero attached hydrogens (tertiary/aromatic N) is 2. The zero-order chi connectivity index (χ0) is 10.4. The Balaban J connectivity index is 1.84. The second-order valence-electron chi connectivity index (χ2n) is 4.75. The van der Waals surface area contributed by atoms with Gasteiger partial charge in [-0.15, -0.1) is 11.3 Å². The van der Waals surface area contributed by atoms with Gasteiger partial charge in [0.25, 0.3) is 0 Å². The highest BCUT2D eigenvalue weighted by atomic mass is 32.1. The Labute approximate surface area is 94.5 Å². The van der Waals surface area contributed by atoms with Gasteiger partial charge < -0.3 is 10.2 Å². The van der Waals surface area contributed by atoms with Crippen LogP contribution in [0, 0.1) is 18.8 Å². The predicted molar refractivity (Wildman–Crippen MR) is 63.5 cm³/mol. The van der Waals surface area contributed by atoms with Crippen molar-refractivity contribution in [2.24, 2.45) is 11.8 Å². The van der Waals surface area contributed by atoms with E-state index in [4.69, 9.17) is 0 Å². The Morgan fingerprint density at radius 1 is 1.53 bits per heavy atom. The number of thiazole rings is 1. The van der Waals surface area contributed by atoms with Gasteiger partial charge in [-0.05, 0) is 25.7 Å². The molecule has 3 atom stereocenters. The van der Waals surface area contributed by atoms with Crippen molar-refractivity contribution in [3.8, 4) is 0 Å². The van der Waals surface area contributed by atoms with E-state index >= 15 is 0 Å². The molecular weight excluding hydrogens is 206 g/mol. The molecule has 0 aromatic carbocycles. The van der Waals surface area contributed by atoms with E-state index in [1.807, 2.05) is 0 Å². The Bertz CT molecular complexity index is 362. The Morgan fingerprint density at radius 2 is 2.40 bits per heavy atom. The molecule has 1 aromatic rings. The maximum Gasteiger partial charge on any atom is 0.185 e. The molecule has 0 radical (unpaired) electrons. The van der Waals surface area contributed by atoms with Crippen LogP contribution < -0.4 is 10.2 Å². The number of anilines is 1. The van der Waals surface area contributed by atoms with Crippen molar-refractivity contribution >= 4 is 16.5 Å². The zero-order valence-electron chi connectivity index (χ0n) is 9.23. The van der Waals surface area contributed by atoms with Crippen LogP contribution in [0.25, 0.3) is 0 Å². The van der Waals surface area contributed by atoms with Gasteiger partial charge in [-0.2, -0.15) is 0 Å². The van der Waals surface area contributed by atoms with Crippen LogP contribution in [0.3, 0.4) is 0 Å². The van der Waals surface area contributed by atoms with Gasteiger partial charge in [0.05, 0.1) is 5.69 Å². The molecule has 2 aliphatic heterocycles. The zero-order valence-corrected chi connectivity index (χ0v) is 10.0. The largest absolute Gasteiger partial charge is 0.345 e. The van der Waals surface area contributed by atoms with Crippen molar-refractivity contribution in [1.82, 2.24) is 10.3 Å². The van der Waals surface area contributed by atoms with E-state index in [1.165, 1.54) is 24.8 Å². The molecule has 3 unspecified atom stereocenters. The third-order valence-electron chi connectivity index (χ3n) is 3.79. The summed E-state index contributed by atoms with van der Waals surface area (Å²) < 4.78 is 0. The van der Waals surface area contributed by atoms with Gasteiger partial charge in [0.1, 0.15) is 0 Å². The first-order chi connectivity index (χ1) is 7.25. The van der Waals surface area contributed by atoms with E-state index in [9.17, 15) is 0 Å². The van der Waals surface area contributed by atoms with Gasteiger partial charge in [0.15, 0.2) is 5.13 Å². The van der Waals surface area contributed by atoms with Crippen LogP contribution in [0.5, 0.6) is 0 Å². The summed E-state index contributed by atoms with van der Waals surface area (Å²) in [5.41, 5.74) is 1.15. The molecular formula is C11H17N3S. The number of hydrogen-bond acceptors (Lipinski definition) is 4.